The van der Waals surface area contributed by atoms with Gasteiger partial charge in [-0.05, 0) is 43.2 Å². The van der Waals surface area contributed by atoms with Crippen molar-refractivity contribution in [3.05, 3.63) is 58.8 Å². The van der Waals surface area contributed by atoms with Crippen LogP contribution < -0.4 is 5.69 Å². The molecular formula is C21H23N5O3S. The Labute approximate surface area is 173 Å². The summed E-state index contributed by atoms with van der Waals surface area (Å²) in [5.74, 6) is 0.850. The minimum atomic E-state index is -3.68. The fraction of sp³-hybridized carbons (Fsp3) is 0.333. The van der Waals surface area contributed by atoms with Crippen molar-refractivity contribution >= 4 is 32.1 Å². The number of H-pyrrole nitrogens is 1. The highest BCUT2D eigenvalue weighted by Crippen LogP contribution is 2.30. The Morgan fingerprint density at radius 3 is 2.63 bits per heavy atom. The summed E-state index contributed by atoms with van der Waals surface area (Å²) in [6, 6.07) is 12.7. The average Bonchev–Trinajstić information content (AvgIpc) is 3.29. The Morgan fingerprint density at radius 1 is 1.07 bits per heavy atom. The van der Waals surface area contributed by atoms with Crippen LogP contribution in [0.15, 0.2) is 52.2 Å². The molecule has 1 saturated heterocycles. The summed E-state index contributed by atoms with van der Waals surface area (Å²) in [6.45, 7) is 0.860. The van der Waals surface area contributed by atoms with Gasteiger partial charge in [0.25, 0.3) is 0 Å². The van der Waals surface area contributed by atoms with Gasteiger partial charge in [0.15, 0.2) is 0 Å². The standard InChI is InChI=1S/C21H23N5O3S/c1-24-18-10-9-15(12-19(18)25(2)21(24)27)30(28,29)26-11-5-6-14(13-26)20-22-16-7-3-4-8-17(16)23-20/h3-4,7-10,12,14H,5-6,11,13H2,1-2H3,(H,22,23). The van der Waals surface area contributed by atoms with Crippen LogP contribution in [0.3, 0.4) is 0 Å². The lowest BCUT2D eigenvalue weighted by atomic mass is 9.99. The SMILES string of the molecule is Cn1c(=O)n(C)c2cc(S(=O)(=O)N3CCCC(c4nc5ccccc5[nH]4)C3)ccc21. The van der Waals surface area contributed by atoms with E-state index in [1.165, 1.54) is 13.4 Å². The van der Waals surface area contributed by atoms with Crippen LogP contribution in [0.25, 0.3) is 22.1 Å². The number of hydrogen-bond donors (Lipinski definition) is 1. The zero-order valence-corrected chi connectivity index (χ0v) is 17.7. The number of nitrogens with zero attached hydrogens (tertiary/aromatic N) is 4. The predicted molar refractivity (Wildman–Crippen MR) is 115 cm³/mol. The lowest BCUT2D eigenvalue weighted by molar-refractivity contribution is 0.310. The molecule has 1 aliphatic heterocycles. The number of sulfonamides is 1. The van der Waals surface area contributed by atoms with Gasteiger partial charge in [0.2, 0.25) is 10.0 Å². The van der Waals surface area contributed by atoms with Crippen molar-refractivity contribution in [2.24, 2.45) is 14.1 Å². The lowest BCUT2D eigenvalue weighted by Crippen LogP contribution is -2.39. The third-order valence-electron chi connectivity index (χ3n) is 6.06. The van der Waals surface area contributed by atoms with Gasteiger partial charge in [-0.1, -0.05) is 12.1 Å². The van der Waals surface area contributed by atoms with Crippen LogP contribution in [0, 0.1) is 0 Å². The second-order valence-corrected chi connectivity index (χ2v) is 9.83. The number of hydrogen-bond acceptors (Lipinski definition) is 4. The van der Waals surface area contributed by atoms with Crippen LogP contribution in [-0.4, -0.2) is 44.9 Å². The number of rotatable bonds is 3. The highest BCUT2D eigenvalue weighted by atomic mass is 32.2. The van der Waals surface area contributed by atoms with Gasteiger partial charge >= 0.3 is 5.69 Å². The summed E-state index contributed by atoms with van der Waals surface area (Å²) >= 11 is 0. The Morgan fingerprint density at radius 2 is 1.83 bits per heavy atom. The van der Waals surface area contributed by atoms with Gasteiger partial charge in [-0.2, -0.15) is 4.31 Å². The van der Waals surface area contributed by atoms with Gasteiger partial charge in [0.1, 0.15) is 5.82 Å². The fourth-order valence-electron chi connectivity index (χ4n) is 4.35. The second-order valence-electron chi connectivity index (χ2n) is 7.89. The Hall–Kier alpha value is -2.91. The molecule has 1 unspecified atom stereocenters. The fourth-order valence-corrected chi connectivity index (χ4v) is 5.89. The largest absolute Gasteiger partial charge is 0.342 e. The molecule has 0 bridgehead atoms. The minimum absolute atomic E-state index is 0.0192. The number of para-hydroxylation sites is 2. The third kappa shape index (κ3) is 2.88. The van der Waals surface area contributed by atoms with Crippen molar-refractivity contribution in [1.82, 2.24) is 23.4 Å². The van der Waals surface area contributed by atoms with E-state index < -0.39 is 10.0 Å². The van der Waals surface area contributed by atoms with Crippen LogP contribution in [0.4, 0.5) is 0 Å². The van der Waals surface area contributed by atoms with Gasteiger partial charge in [0, 0.05) is 33.1 Å². The smallest absolute Gasteiger partial charge is 0.328 e. The van der Waals surface area contributed by atoms with Crippen LogP contribution in [0.1, 0.15) is 24.6 Å². The van der Waals surface area contributed by atoms with E-state index in [0.717, 1.165) is 29.7 Å². The second kappa shape index (κ2) is 6.82. The molecule has 0 spiro atoms. The quantitative estimate of drug-likeness (QED) is 0.545. The van der Waals surface area contributed by atoms with E-state index in [0.29, 0.717) is 24.1 Å². The summed E-state index contributed by atoms with van der Waals surface area (Å²) in [6.07, 6.45) is 1.66. The topological polar surface area (TPSA) is 93.0 Å². The van der Waals surface area contributed by atoms with Crippen molar-refractivity contribution in [3.63, 3.8) is 0 Å². The van der Waals surface area contributed by atoms with Crippen LogP contribution in [0.5, 0.6) is 0 Å². The van der Waals surface area contributed by atoms with E-state index >= 15 is 0 Å². The number of piperidine rings is 1. The maximum atomic E-state index is 13.4. The molecule has 30 heavy (non-hydrogen) atoms. The molecule has 1 fully saturated rings. The molecule has 8 nitrogen and oxygen atoms in total. The molecule has 0 aliphatic carbocycles. The van der Waals surface area contributed by atoms with E-state index in [-0.39, 0.29) is 16.5 Å². The number of aromatic nitrogens is 4. The monoisotopic (exact) mass is 425 g/mol. The number of aromatic amines is 1. The first-order chi connectivity index (χ1) is 14.4. The Kier molecular flexibility index (Phi) is 4.33. The molecule has 1 aliphatic rings. The maximum Gasteiger partial charge on any atom is 0.328 e. The first kappa shape index (κ1) is 19.1. The van der Waals surface area contributed by atoms with Crippen molar-refractivity contribution < 1.29 is 8.42 Å². The van der Waals surface area contributed by atoms with Crippen molar-refractivity contribution in [1.29, 1.82) is 0 Å². The zero-order valence-electron chi connectivity index (χ0n) is 16.9. The van der Waals surface area contributed by atoms with Crippen molar-refractivity contribution in [3.8, 4) is 0 Å². The summed E-state index contributed by atoms with van der Waals surface area (Å²) in [7, 11) is -0.343. The van der Waals surface area contributed by atoms with Gasteiger partial charge < -0.3 is 4.98 Å². The number of benzene rings is 2. The van der Waals surface area contributed by atoms with Gasteiger partial charge in [-0.3, -0.25) is 9.13 Å². The Bertz CT molecular complexity index is 1400. The van der Waals surface area contributed by atoms with Gasteiger partial charge in [-0.15, -0.1) is 0 Å². The van der Waals surface area contributed by atoms with Crippen molar-refractivity contribution in [2.45, 2.75) is 23.7 Å². The first-order valence-corrected chi connectivity index (χ1v) is 11.4. The lowest BCUT2D eigenvalue weighted by Gasteiger charge is -2.31. The molecular weight excluding hydrogens is 402 g/mol. The first-order valence-electron chi connectivity index (χ1n) is 9.96. The van der Waals surface area contributed by atoms with Crippen LogP contribution in [0.2, 0.25) is 0 Å². The van der Waals surface area contributed by atoms with Gasteiger partial charge in [-0.25, -0.2) is 18.2 Å². The maximum absolute atomic E-state index is 13.4. The molecule has 0 saturated carbocycles. The van der Waals surface area contributed by atoms with E-state index in [9.17, 15) is 13.2 Å². The Balaban J connectivity index is 1.48. The van der Waals surface area contributed by atoms with E-state index in [4.69, 9.17) is 0 Å². The molecule has 4 aromatic rings. The molecule has 9 heteroatoms. The molecule has 3 heterocycles. The minimum Gasteiger partial charge on any atom is -0.342 e. The number of imidazole rings is 2. The van der Waals surface area contributed by atoms with E-state index in [2.05, 4.69) is 9.97 Å². The average molecular weight is 426 g/mol. The summed E-state index contributed by atoms with van der Waals surface area (Å²) in [4.78, 5) is 20.4. The predicted octanol–water partition coefficient (Wildman–Crippen LogP) is 2.32. The molecule has 5 rings (SSSR count). The van der Waals surface area contributed by atoms with Crippen molar-refractivity contribution in [2.75, 3.05) is 13.1 Å². The van der Waals surface area contributed by atoms with Crippen LogP contribution >= 0.6 is 0 Å². The van der Waals surface area contributed by atoms with E-state index in [1.807, 2.05) is 24.3 Å². The van der Waals surface area contributed by atoms with Crippen LogP contribution in [-0.2, 0) is 24.1 Å². The molecule has 2 aromatic carbocycles. The highest BCUT2D eigenvalue weighted by molar-refractivity contribution is 7.89. The summed E-state index contributed by atoms with van der Waals surface area (Å²) < 4.78 is 31.3. The van der Waals surface area contributed by atoms with Gasteiger partial charge in [0.05, 0.1) is 27.0 Å². The highest BCUT2D eigenvalue weighted by Gasteiger charge is 2.32. The molecule has 2 aromatic heterocycles. The van der Waals surface area contributed by atoms with E-state index in [1.54, 1.807) is 32.3 Å². The number of nitrogens with one attached hydrogen (secondary N) is 1. The molecule has 1 atom stereocenters. The molecule has 156 valence electrons. The number of fused-ring (bicyclic) bond motifs is 2. The normalized spacial score (nSPS) is 18.4. The third-order valence-corrected chi connectivity index (χ3v) is 7.92. The molecule has 0 radical (unpaired) electrons. The summed E-state index contributed by atoms with van der Waals surface area (Å²) in [5.41, 5.74) is 2.99. The zero-order chi connectivity index (χ0) is 21.0. The summed E-state index contributed by atoms with van der Waals surface area (Å²) in [5, 5.41) is 0. The number of aryl methyl sites for hydroxylation is 2. The molecule has 1 N–H and O–H groups in total. The molecule has 0 amide bonds.